The average molecular weight is 484 g/mol. The van der Waals surface area contributed by atoms with Crippen molar-refractivity contribution < 1.29 is 26.9 Å². The van der Waals surface area contributed by atoms with Crippen LogP contribution in [-0.2, 0) is 24.5 Å². The molecule has 2 atom stereocenters. The highest BCUT2D eigenvalue weighted by Crippen LogP contribution is 2.46. The topological polar surface area (TPSA) is 83.9 Å². The van der Waals surface area contributed by atoms with Crippen LogP contribution in [0, 0.1) is 12.7 Å². The van der Waals surface area contributed by atoms with Crippen molar-refractivity contribution in [2.45, 2.75) is 43.2 Å². The summed E-state index contributed by atoms with van der Waals surface area (Å²) in [5.74, 6) is -0.851. The number of amides is 1. The number of halogens is 1. The van der Waals surface area contributed by atoms with Gasteiger partial charge < -0.3 is 10.0 Å². The lowest BCUT2D eigenvalue weighted by Crippen LogP contribution is -2.44. The minimum Gasteiger partial charge on any atom is -0.388 e. The van der Waals surface area contributed by atoms with Crippen LogP contribution in [0.15, 0.2) is 77.7 Å². The summed E-state index contributed by atoms with van der Waals surface area (Å²) in [6.45, 7) is 4.71. The average Bonchev–Trinajstić information content (AvgIpc) is 2.99. The minimum absolute atomic E-state index is 0.0349. The Labute approximate surface area is 198 Å². The minimum atomic E-state index is -4.14. The third-order valence-electron chi connectivity index (χ3n) is 6.13. The van der Waals surface area contributed by atoms with Crippen molar-refractivity contribution in [1.82, 2.24) is 0 Å². The van der Waals surface area contributed by atoms with E-state index in [1.54, 1.807) is 62.4 Å². The Morgan fingerprint density at radius 1 is 1.03 bits per heavy atom. The highest BCUT2D eigenvalue weighted by Gasteiger charge is 2.48. The molecule has 3 aromatic rings. The van der Waals surface area contributed by atoms with Crippen molar-refractivity contribution in [3.63, 3.8) is 0 Å². The van der Waals surface area contributed by atoms with E-state index in [9.17, 15) is 22.7 Å². The first-order valence-electron chi connectivity index (χ1n) is 10.8. The van der Waals surface area contributed by atoms with E-state index < -0.39 is 40.1 Å². The number of anilines is 1. The second-order valence-corrected chi connectivity index (χ2v) is 10.6. The smallest absolute Gasteiger partial charge is 0.297 e. The molecule has 3 aromatic carbocycles. The molecule has 1 aliphatic heterocycles. The van der Waals surface area contributed by atoms with Crippen LogP contribution >= 0.6 is 0 Å². The van der Waals surface area contributed by atoms with Crippen LogP contribution in [0.25, 0.3) is 0 Å². The standard InChI is InChI=1S/C26H26FNO5S/c1-17-9-12-20(13-10-17)34(31,32)33-16-23(29)24(18-7-5-4-6-8-18)28-22-15-19(27)11-14-21(22)26(2,3)25(28)30/h4-15,23-24,29H,16H2,1-3H3. The van der Waals surface area contributed by atoms with Crippen LogP contribution in [-0.4, -0.2) is 32.1 Å². The number of carbonyl (C=O) groups excluding carboxylic acids is 1. The number of benzene rings is 3. The fraction of sp³-hybridized carbons (Fsp3) is 0.269. The van der Waals surface area contributed by atoms with Gasteiger partial charge in [0.1, 0.15) is 11.9 Å². The lowest BCUT2D eigenvalue weighted by atomic mass is 9.86. The number of fused-ring (bicyclic) bond motifs is 1. The van der Waals surface area contributed by atoms with Gasteiger partial charge in [-0.3, -0.25) is 8.98 Å². The van der Waals surface area contributed by atoms with Crippen molar-refractivity contribution in [1.29, 1.82) is 0 Å². The molecule has 178 valence electrons. The highest BCUT2D eigenvalue weighted by atomic mass is 32.2. The van der Waals surface area contributed by atoms with Gasteiger partial charge >= 0.3 is 0 Å². The maximum absolute atomic E-state index is 14.2. The number of rotatable bonds is 7. The lowest BCUT2D eigenvalue weighted by Gasteiger charge is -2.33. The van der Waals surface area contributed by atoms with Crippen molar-refractivity contribution in [3.8, 4) is 0 Å². The van der Waals surface area contributed by atoms with Crippen molar-refractivity contribution in [2.75, 3.05) is 11.5 Å². The van der Waals surface area contributed by atoms with Gasteiger partial charge in [0.05, 0.1) is 28.6 Å². The van der Waals surface area contributed by atoms with Crippen LogP contribution < -0.4 is 4.90 Å². The first kappa shape index (κ1) is 24.1. The maximum atomic E-state index is 14.2. The zero-order valence-electron chi connectivity index (χ0n) is 19.1. The predicted octanol–water partition coefficient (Wildman–Crippen LogP) is 4.27. The van der Waals surface area contributed by atoms with Crippen molar-refractivity contribution in [3.05, 3.63) is 95.3 Å². The van der Waals surface area contributed by atoms with E-state index in [2.05, 4.69) is 0 Å². The van der Waals surface area contributed by atoms with Crippen molar-refractivity contribution in [2.24, 2.45) is 0 Å². The molecule has 4 rings (SSSR count). The second-order valence-electron chi connectivity index (χ2n) is 8.94. The Hall–Kier alpha value is -3.07. The monoisotopic (exact) mass is 483 g/mol. The summed E-state index contributed by atoms with van der Waals surface area (Å²) in [6.07, 6.45) is -1.42. The van der Waals surface area contributed by atoms with Crippen molar-refractivity contribution >= 4 is 21.7 Å². The number of hydrogen-bond donors (Lipinski definition) is 1. The summed E-state index contributed by atoms with van der Waals surface area (Å²) in [5, 5.41) is 11.2. The predicted molar refractivity (Wildman–Crippen MR) is 126 cm³/mol. The number of aryl methyl sites for hydroxylation is 1. The van der Waals surface area contributed by atoms with Crippen LogP contribution in [0.4, 0.5) is 10.1 Å². The first-order valence-corrected chi connectivity index (χ1v) is 12.3. The second kappa shape index (κ2) is 8.94. The molecule has 0 spiro atoms. The van der Waals surface area contributed by atoms with E-state index in [0.717, 1.165) is 5.56 Å². The Morgan fingerprint density at radius 3 is 2.32 bits per heavy atom. The third-order valence-corrected chi connectivity index (χ3v) is 7.43. The number of carbonyl (C=O) groups is 1. The molecule has 6 nitrogen and oxygen atoms in total. The van der Waals surface area contributed by atoms with Gasteiger partial charge in [-0.25, -0.2) is 4.39 Å². The van der Waals surface area contributed by atoms with Gasteiger partial charge in [0, 0.05) is 0 Å². The van der Waals surface area contributed by atoms with E-state index in [-0.39, 0.29) is 10.8 Å². The summed E-state index contributed by atoms with van der Waals surface area (Å²) in [6, 6.07) is 18.0. The normalized spacial score (nSPS) is 16.9. The molecule has 34 heavy (non-hydrogen) atoms. The van der Waals surface area contributed by atoms with Gasteiger partial charge in [-0.15, -0.1) is 0 Å². The maximum Gasteiger partial charge on any atom is 0.297 e. The van der Waals surface area contributed by atoms with E-state index in [4.69, 9.17) is 4.18 Å². The van der Waals surface area contributed by atoms with Gasteiger partial charge in [0.25, 0.3) is 10.1 Å². The summed E-state index contributed by atoms with van der Waals surface area (Å²) >= 11 is 0. The Bertz CT molecular complexity index is 1310. The summed E-state index contributed by atoms with van der Waals surface area (Å²) in [7, 11) is -4.14. The van der Waals surface area contributed by atoms with Gasteiger partial charge in [0.2, 0.25) is 5.91 Å². The van der Waals surface area contributed by atoms with Gasteiger partial charge in [-0.1, -0.05) is 54.1 Å². The van der Waals surface area contributed by atoms with E-state index in [1.165, 1.54) is 29.2 Å². The molecule has 0 aromatic heterocycles. The SMILES string of the molecule is Cc1ccc(S(=O)(=O)OCC(O)C(c2ccccc2)N2C(=O)C(C)(C)c3ccc(F)cc32)cc1. The number of aliphatic hydroxyl groups excluding tert-OH is 1. The molecule has 1 N–H and O–H groups in total. The van der Waals surface area contributed by atoms with Crippen LogP contribution in [0.3, 0.4) is 0 Å². The van der Waals surface area contributed by atoms with Gasteiger partial charge in [0.15, 0.2) is 0 Å². The zero-order chi connectivity index (χ0) is 24.7. The van der Waals surface area contributed by atoms with Crippen LogP contribution in [0.2, 0.25) is 0 Å². The molecular weight excluding hydrogens is 457 g/mol. The molecule has 0 saturated heterocycles. The zero-order valence-corrected chi connectivity index (χ0v) is 19.9. The van der Waals surface area contributed by atoms with Gasteiger partial charge in [-0.05, 0) is 56.2 Å². The molecule has 1 aliphatic rings. The Kier molecular flexibility index (Phi) is 6.33. The first-order chi connectivity index (χ1) is 16.0. The van der Waals surface area contributed by atoms with E-state index in [1.807, 2.05) is 6.92 Å². The lowest BCUT2D eigenvalue weighted by molar-refractivity contribution is -0.123. The summed E-state index contributed by atoms with van der Waals surface area (Å²) in [5.41, 5.74) is 1.46. The van der Waals surface area contributed by atoms with E-state index in [0.29, 0.717) is 16.8 Å². The highest BCUT2D eigenvalue weighted by molar-refractivity contribution is 7.86. The third kappa shape index (κ3) is 4.36. The number of hydrogen-bond acceptors (Lipinski definition) is 5. The fourth-order valence-corrected chi connectivity index (χ4v) is 5.18. The Balaban J connectivity index is 1.70. The molecule has 0 saturated carbocycles. The molecule has 0 radical (unpaired) electrons. The number of nitrogens with zero attached hydrogens (tertiary/aromatic N) is 1. The Morgan fingerprint density at radius 2 is 1.68 bits per heavy atom. The quantitative estimate of drug-likeness (QED) is 0.508. The largest absolute Gasteiger partial charge is 0.388 e. The summed E-state index contributed by atoms with van der Waals surface area (Å²) < 4.78 is 44.7. The van der Waals surface area contributed by atoms with Crippen LogP contribution in [0.1, 0.15) is 36.6 Å². The molecule has 8 heteroatoms. The fourth-order valence-electron chi connectivity index (χ4n) is 4.25. The van der Waals surface area contributed by atoms with Crippen LogP contribution in [0.5, 0.6) is 0 Å². The molecule has 0 bridgehead atoms. The molecule has 0 aliphatic carbocycles. The summed E-state index contributed by atoms with van der Waals surface area (Å²) in [4.78, 5) is 14.8. The van der Waals surface area contributed by atoms with Gasteiger partial charge in [-0.2, -0.15) is 8.42 Å². The van der Waals surface area contributed by atoms with E-state index >= 15 is 0 Å². The molecule has 0 fully saturated rings. The molecule has 1 amide bonds. The molecule has 2 unspecified atom stereocenters. The number of aliphatic hydroxyl groups is 1. The molecular formula is C26H26FNO5S. The molecule has 1 heterocycles.